The Morgan fingerprint density at radius 2 is 2.07 bits per heavy atom. The molecule has 0 spiro atoms. The Labute approximate surface area is 191 Å². The van der Waals surface area contributed by atoms with Crippen LogP contribution in [0.15, 0.2) is 29.4 Å². The van der Waals surface area contributed by atoms with Crippen molar-refractivity contribution in [1.29, 1.82) is 0 Å². The zero-order valence-electron chi connectivity index (χ0n) is 17.5. The molecule has 1 N–H and O–H groups in total. The first-order chi connectivity index (χ1) is 13.8. The predicted octanol–water partition coefficient (Wildman–Crippen LogP) is 2.66. The van der Waals surface area contributed by atoms with Gasteiger partial charge in [0, 0.05) is 45.3 Å². The summed E-state index contributed by atoms with van der Waals surface area (Å²) in [6.45, 7) is 9.99. The number of guanidine groups is 1. The van der Waals surface area contributed by atoms with Gasteiger partial charge in [-0.15, -0.1) is 34.2 Å². The van der Waals surface area contributed by atoms with Crippen LogP contribution in [0, 0.1) is 5.92 Å². The molecule has 2 fully saturated rings. The van der Waals surface area contributed by atoms with E-state index in [-0.39, 0.29) is 24.0 Å². The van der Waals surface area contributed by atoms with Crippen molar-refractivity contribution >= 4 is 35.6 Å². The first-order valence-corrected chi connectivity index (χ1v) is 10.9. The average molecular weight is 511 g/mol. The molecule has 29 heavy (non-hydrogen) atoms. The van der Waals surface area contributed by atoms with Crippen LogP contribution in [0.2, 0.25) is 0 Å². The highest BCUT2D eigenvalue weighted by molar-refractivity contribution is 14.0. The third-order valence-electron chi connectivity index (χ3n) is 5.84. The number of fused-ring (bicyclic) bond motifs is 1. The summed E-state index contributed by atoms with van der Waals surface area (Å²) in [5, 5.41) is 12.0. The van der Waals surface area contributed by atoms with Gasteiger partial charge in [-0.2, -0.15) is 0 Å². The summed E-state index contributed by atoms with van der Waals surface area (Å²) in [4.78, 5) is 10.00. The number of likely N-dealkylation sites (tertiary alicyclic amines) is 2. The van der Waals surface area contributed by atoms with Gasteiger partial charge in [-0.05, 0) is 63.7 Å². The van der Waals surface area contributed by atoms with E-state index < -0.39 is 0 Å². The Balaban J connectivity index is 0.00000240. The van der Waals surface area contributed by atoms with E-state index in [9.17, 15) is 0 Å². The van der Waals surface area contributed by atoms with Crippen molar-refractivity contribution in [3.05, 3.63) is 30.2 Å². The molecule has 2 aromatic heterocycles. The molecular weight excluding hydrogens is 477 g/mol. The quantitative estimate of drug-likeness (QED) is 0.268. The third-order valence-corrected chi connectivity index (χ3v) is 5.84. The van der Waals surface area contributed by atoms with E-state index in [1.54, 1.807) is 0 Å². The second-order valence-electron chi connectivity index (χ2n) is 7.99. The molecule has 7 nitrogen and oxygen atoms in total. The lowest BCUT2D eigenvalue weighted by Crippen LogP contribution is -2.40. The van der Waals surface area contributed by atoms with Crippen LogP contribution in [-0.4, -0.2) is 76.2 Å². The molecule has 160 valence electrons. The van der Waals surface area contributed by atoms with Crippen LogP contribution in [0.3, 0.4) is 0 Å². The summed E-state index contributed by atoms with van der Waals surface area (Å²) in [5.74, 6) is 2.88. The van der Waals surface area contributed by atoms with Crippen LogP contribution in [0.1, 0.15) is 38.4 Å². The van der Waals surface area contributed by atoms with Crippen molar-refractivity contribution in [2.75, 3.05) is 45.8 Å². The summed E-state index contributed by atoms with van der Waals surface area (Å²) in [5.41, 5.74) is 0.912. The Hall–Kier alpha value is -1.42. The fraction of sp³-hybridized carbons (Fsp3) is 0.667. The standard InChI is InChI=1S/C21H33N7.HI/c1-2-22-21(27-15-10-18(17-27)16-26-12-5-6-13-26)23-11-7-9-20-25-24-19-8-3-4-14-28(19)20;/h3-4,8,14,18H,2,5-7,9-13,15-17H2,1H3,(H,22,23);1H. The second kappa shape index (κ2) is 11.1. The first kappa shape index (κ1) is 22.3. The molecule has 0 bridgehead atoms. The Bertz CT molecular complexity index is 784. The molecule has 1 atom stereocenters. The van der Waals surface area contributed by atoms with E-state index in [1.807, 2.05) is 24.4 Å². The minimum atomic E-state index is 0. The zero-order valence-corrected chi connectivity index (χ0v) is 19.8. The van der Waals surface area contributed by atoms with E-state index >= 15 is 0 Å². The summed E-state index contributed by atoms with van der Waals surface area (Å²) in [7, 11) is 0. The highest BCUT2D eigenvalue weighted by atomic mass is 127. The molecule has 2 aliphatic rings. The number of hydrogen-bond acceptors (Lipinski definition) is 4. The lowest BCUT2D eigenvalue weighted by atomic mass is 10.1. The second-order valence-corrected chi connectivity index (χ2v) is 7.99. The number of pyridine rings is 1. The zero-order chi connectivity index (χ0) is 19.2. The van der Waals surface area contributed by atoms with E-state index in [2.05, 4.69) is 36.6 Å². The summed E-state index contributed by atoms with van der Waals surface area (Å²) in [6.07, 6.45) is 7.94. The molecule has 0 aromatic carbocycles. The van der Waals surface area contributed by atoms with E-state index in [0.717, 1.165) is 62.4 Å². The average Bonchev–Trinajstić information content (AvgIpc) is 3.46. The van der Waals surface area contributed by atoms with Crippen LogP contribution < -0.4 is 5.32 Å². The minimum absolute atomic E-state index is 0. The number of aromatic nitrogens is 3. The molecule has 2 aliphatic heterocycles. The lowest BCUT2D eigenvalue weighted by Gasteiger charge is -2.23. The smallest absolute Gasteiger partial charge is 0.193 e. The molecule has 2 saturated heterocycles. The lowest BCUT2D eigenvalue weighted by molar-refractivity contribution is 0.281. The van der Waals surface area contributed by atoms with Gasteiger partial charge in [-0.25, -0.2) is 0 Å². The fourth-order valence-corrected chi connectivity index (χ4v) is 4.41. The van der Waals surface area contributed by atoms with Gasteiger partial charge >= 0.3 is 0 Å². The number of hydrogen-bond donors (Lipinski definition) is 1. The van der Waals surface area contributed by atoms with Gasteiger partial charge in [0.2, 0.25) is 0 Å². The molecule has 0 saturated carbocycles. The van der Waals surface area contributed by atoms with Gasteiger partial charge in [-0.3, -0.25) is 9.39 Å². The Morgan fingerprint density at radius 1 is 1.21 bits per heavy atom. The number of halogens is 1. The molecule has 0 aliphatic carbocycles. The van der Waals surface area contributed by atoms with Crippen LogP contribution in [0.25, 0.3) is 5.65 Å². The molecule has 4 rings (SSSR count). The minimum Gasteiger partial charge on any atom is -0.357 e. The predicted molar refractivity (Wildman–Crippen MR) is 128 cm³/mol. The summed E-state index contributed by atoms with van der Waals surface area (Å²) < 4.78 is 2.07. The largest absolute Gasteiger partial charge is 0.357 e. The number of nitrogens with one attached hydrogen (secondary N) is 1. The van der Waals surface area contributed by atoms with E-state index in [1.165, 1.54) is 38.9 Å². The van der Waals surface area contributed by atoms with Crippen LogP contribution in [0.4, 0.5) is 0 Å². The van der Waals surface area contributed by atoms with Crippen molar-refractivity contribution in [2.45, 2.75) is 39.0 Å². The third kappa shape index (κ3) is 5.81. The van der Waals surface area contributed by atoms with Gasteiger partial charge in [0.05, 0.1) is 0 Å². The van der Waals surface area contributed by atoms with E-state index in [4.69, 9.17) is 4.99 Å². The van der Waals surface area contributed by atoms with Gasteiger partial charge in [0.1, 0.15) is 5.82 Å². The molecular formula is C21H34IN7. The topological polar surface area (TPSA) is 61.1 Å². The monoisotopic (exact) mass is 511 g/mol. The van der Waals surface area contributed by atoms with Gasteiger partial charge in [-0.1, -0.05) is 6.07 Å². The normalized spacial score (nSPS) is 20.4. The molecule has 1 unspecified atom stereocenters. The van der Waals surface area contributed by atoms with Crippen molar-refractivity contribution in [2.24, 2.45) is 10.9 Å². The maximum atomic E-state index is 4.90. The molecule has 0 radical (unpaired) electrons. The number of aryl methyl sites for hydroxylation is 1. The van der Waals surface area contributed by atoms with Crippen molar-refractivity contribution < 1.29 is 0 Å². The van der Waals surface area contributed by atoms with Gasteiger partial charge < -0.3 is 15.1 Å². The number of nitrogens with zero attached hydrogens (tertiary/aromatic N) is 6. The highest BCUT2D eigenvalue weighted by Crippen LogP contribution is 2.20. The SMILES string of the molecule is CCNC(=NCCCc1nnc2ccccn12)N1CCC(CN2CCCC2)C1.I. The molecule has 0 amide bonds. The maximum Gasteiger partial charge on any atom is 0.193 e. The Morgan fingerprint density at radius 3 is 2.90 bits per heavy atom. The van der Waals surface area contributed by atoms with E-state index in [0.29, 0.717) is 0 Å². The van der Waals surface area contributed by atoms with Crippen LogP contribution in [-0.2, 0) is 6.42 Å². The van der Waals surface area contributed by atoms with Gasteiger partial charge in [0.25, 0.3) is 0 Å². The van der Waals surface area contributed by atoms with Crippen molar-refractivity contribution in [3.8, 4) is 0 Å². The Kier molecular flexibility index (Phi) is 8.53. The van der Waals surface area contributed by atoms with Gasteiger partial charge in [0.15, 0.2) is 11.6 Å². The van der Waals surface area contributed by atoms with Crippen LogP contribution >= 0.6 is 24.0 Å². The maximum absolute atomic E-state index is 4.90. The number of rotatable bonds is 7. The summed E-state index contributed by atoms with van der Waals surface area (Å²) >= 11 is 0. The molecule has 2 aromatic rings. The number of aliphatic imine (C=N–C) groups is 1. The first-order valence-electron chi connectivity index (χ1n) is 10.9. The van der Waals surface area contributed by atoms with Crippen molar-refractivity contribution in [3.63, 3.8) is 0 Å². The molecule has 4 heterocycles. The van der Waals surface area contributed by atoms with Crippen LogP contribution in [0.5, 0.6) is 0 Å². The highest BCUT2D eigenvalue weighted by Gasteiger charge is 2.27. The molecule has 8 heteroatoms. The summed E-state index contributed by atoms with van der Waals surface area (Å²) in [6, 6.07) is 6.00. The fourth-order valence-electron chi connectivity index (χ4n) is 4.41. The van der Waals surface area contributed by atoms with Crippen molar-refractivity contribution in [1.82, 2.24) is 29.7 Å².